The topological polar surface area (TPSA) is 36.4 Å². The van der Waals surface area contributed by atoms with Gasteiger partial charge in [0.05, 0.1) is 12.1 Å². The van der Waals surface area contributed by atoms with Gasteiger partial charge in [-0.3, -0.25) is 4.79 Å². The second-order valence-electron chi connectivity index (χ2n) is 6.26. The zero-order chi connectivity index (χ0) is 17.8. The Kier molecular flexibility index (Phi) is 4.99. The molecule has 2 unspecified atom stereocenters. The number of anilines is 1. The molecular weight excluding hydrogens is 317 g/mol. The van der Waals surface area contributed by atoms with Crippen LogP contribution in [0.2, 0.25) is 0 Å². The zero-order valence-electron chi connectivity index (χ0n) is 14.3. The molecule has 25 heavy (non-hydrogen) atoms. The molecule has 0 bridgehead atoms. The molecule has 1 amide bonds. The van der Waals surface area contributed by atoms with E-state index in [9.17, 15) is 9.18 Å². The van der Waals surface area contributed by atoms with Crippen LogP contribution in [0.5, 0.6) is 0 Å². The normalized spacial score (nSPS) is 18.5. The van der Waals surface area contributed by atoms with Crippen molar-refractivity contribution in [2.45, 2.75) is 24.9 Å². The molecule has 2 atom stereocenters. The first-order valence-corrected chi connectivity index (χ1v) is 8.22. The van der Waals surface area contributed by atoms with Crippen LogP contribution in [0.4, 0.5) is 10.2 Å². The van der Waals surface area contributed by atoms with E-state index in [0.29, 0.717) is 6.04 Å². The average molecular weight is 337 g/mol. The number of amides is 1. The molecule has 1 saturated carbocycles. The van der Waals surface area contributed by atoms with E-state index in [1.165, 1.54) is 12.1 Å². The summed E-state index contributed by atoms with van der Waals surface area (Å²) in [5.74, 6) is 6.62. The Morgan fingerprint density at radius 2 is 1.68 bits per heavy atom. The SMILES string of the molecule is CN(C=O)C1CCC1N(C)c1ccc(C#Cc2ccc(F)cc2)cn1. The van der Waals surface area contributed by atoms with Gasteiger partial charge in [0.25, 0.3) is 0 Å². The molecule has 1 heterocycles. The summed E-state index contributed by atoms with van der Waals surface area (Å²) in [6.07, 6.45) is 4.68. The number of aromatic nitrogens is 1. The number of hydrogen-bond acceptors (Lipinski definition) is 3. The maximum Gasteiger partial charge on any atom is 0.209 e. The number of carbonyl (C=O) groups excluding carboxylic acids is 1. The summed E-state index contributed by atoms with van der Waals surface area (Å²) < 4.78 is 12.9. The van der Waals surface area contributed by atoms with Gasteiger partial charge in [-0.1, -0.05) is 11.8 Å². The molecule has 0 radical (unpaired) electrons. The third kappa shape index (κ3) is 3.80. The van der Waals surface area contributed by atoms with Crippen molar-refractivity contribution in [3.05, 3.63) is 59.5 Å². The van der Waals surface area contributed by atoms with Crippen molar-refractivity contribution in [2.24, 2.45) is 0 Å². The number of pyridine rings is 1. The average Bonchev–Trinajstić information content (AvgIpc) is 2.60. The molecule has 0 spiro atoms. The minimum Gasteiger partial charge on any atom is -0.355 e. The van der Waals surface area contributed by atoms with Crippen LogP contribution >= 0.6 is 0 Å². The molecular formula is C20H20FN3O. The van der Waals surface area contributed by atoms with Gasteiger partial charge in [-0.2, -0.15) is 0 Å². The number of benzene rings is 1. The van der Waals surface area contributed by atoms with Gasteiger partial charge < -0.3 is 9.80 Å². The molecule has 0 aliphatic heterocycles. The summed E-state index contributed by atoms with van der Waals surface area (Å²) in [7, 11) is 3.82. The van der Waals surface area contributed by atoms with Crippen LogP contribution in [-0.2, 0) is 4.79 Å². The molecule has 1 fully saturated rings. The van der Waals surface area contributed by atoms with Crippen molar-refractivity contribution in [1.29, 1.82) is 0 Å². The lowest BCUT2D eigenvalue weighted by Crippen LogP contribution is -2.56. The van der Waals surface area contributed by atoms with E-state index < -0.39 is 0 Å². The molecule has 1 aromatic carbocycles. The van der Waals surface area contributed by atoms with Crippen molar-refractivity contribution < 1.29 is 9.18 Å². The fourth-order valence-corrected chi connectivity index (χ4v) is 2.99. The molecule has 3 rings (SSSR count). The Bertz CT molecular complexity index is 792. The Hall–Kier alpha value is -2.87. The summed E-state index contributed by atoms with van der Waals surface area (Å²) in [4.78, 5) is 19.3. The van der Waals surface area contributed by atoms with Gasteiger partial charge in [0, 0.05) is 31.4 Å². The number of rotatable bonds is 4. The van der Waals surface area contributed by atoms with Gasteiger partial charge in [0.1, 0.15) is 11.6 Å². The number of carbonyl (C=O) groups is 1. The van der Waals surface area contributed by atoms with Crippen LogP contribution in [0.25, 0.3) is 0 Å². The largest absolute Gasteiger partial charge is 0.355 e. The van der Waals surface area contributed by atoms with Crippen LogP contribution < -0.4 is 4.90 Å². The molecule has 0 saturated heterocycles. The van der Waals surface area contributed by atoms with E-state index in [0.717, 1.165) is 36.2 Å². The van der Waals surface area contributed by atoms with Crippen LogP contribution in [-0.4, -0.2) is 42.5 Å². The van der Waals surface area contributed by atoms with E-state index in [-0.39, 0.29) is 11.9 Å². The van der Waals surface area contributed by atoms with E-state index in [2.05, 4.69) is 21.7 Å². The van der Waals surface area contributed by atoms with Crippen molar-refractivity contribution in [2.75, 3.05) is 19.0 Å². The Morgan fingerprint density at radius 1 is 1.04 bits per heavy atom. The predicted molar refractivity (Wildman–Crippen MR) is 95.7 cm³/mol. The van der Waals surface area contributed by atoms with Crippen LogP contribution in [0, 0.1) is 17.7 Å². The van der Waals surface area contributed by atoms with Gasteiger partial charge in [-0.15, -0.1) is 0 Å². The summed E-state index contributed by atoms with van der Waals surface area (Å²) in [5.41, 5.74) is 1.56. The van der Waals surface area contributed by atoms with E-state index >= 15 is 0 Å². The molecule has 2 aromatic rings. The number of likely N-dealkylation sites (N-methyl/N-ethyl adjacent to an activating group) is 2. The van der Waals surface area contributed by atoms with Gasteiger partial charge in [-0.05, 0) is 49.2 Å². The van der Waals surface area contributed by atoms with Crippen LogP contribution in [0.3, 0.4) is 0 Å². The Balaban J connectivity index is 1.68. The highest BCUT2D eigenvalue weighted by molar-refractivity contribution is 5.50. The van der Waals surface area contributed by atoms with Gasteiger partial charge in [0.2, 0.25) is 6.41 Å². The van der Waals surface area contributed by atoms with Crippen molar-refractivity contribution in [3.8, 4) is 11.8 Å². The lowest BCUT2D eigenvalue weighted by Gasteiger charge is -2.46. The minimum atomic E-state index is -0.269. The molecule has 4 nitrogen and oxygen atoms in total. The Labute approximate surface area is 147 Å². The van der Waals surface area contributed by atoms with Gasteiger partial charge >= 0.3 is 0 Å². The van der Waals surface area contributed by atoms with Gasteiger partial charge in [0.15, 0.2) is 0 Å². The van der Waals surface area contributed by atoms with E-state index in [1.807, 2.05) is 26.2 Å². The minimum absolute atomic E-state index is 0.238. The van der Waals surface area contributed by atoms with Gasteiger partial charge in [-0.25, -0.2) is 9.37 Å². The second-order valence-corrected chi connectivity index (χ2v) is 6.26. The first-order chi connectivity index (χ1) is 12.1. The van der Waals surface area contributed by atoms with E-state index in [4.69, 9.17) is 0 Å². The molecule has 1 aromatic heterocycles. The highest BCUT2D eigenvalue weighted by atomic mass is 19.1. The second kappa shape index (κ2) is 7.35. The molecule has 0 N–H and O–H groups in total. The number of nitrogens with zero attached hydrogens (tertiary/aromatic N) is 3. The lowest BCUT2D eigenvalue weighted by molar-refractivity contribution is -0.120. The summed E-state index contributed by atoms with van der Waals surface area (Å²) >= 11 is 0. The quantitative estimate of drug-likeness (QED) is 0.636. The predicted octanol–water partition coefficient (Wildman–Crippen LogP) is 2.68. The highest BCUT2D eigenvalue weighted by Gasteiger charge is 2.36. The van der Waals surface area contributed by atoms with Crippen molar-refractivity contribution in [1.82, 2.24) is 9.88 Å². The number of halogens is 1. The fraction of sp³-hybridized carbons (Fsp3) is 0.300. The van der Waals surface area contributed by atoms with Crippen molar-refractivity contribution in [3.63, 3.8) is 0 Å². The molecule has 128 valence electrons. The third-order valence-electron chi connectivity index (χ3n) is 4.69. The first kappa shape index (κ1) is 17.0. The first-order valence-electron chi connectivity index (χ1n) is 8.22. The maximum absolute atomic E-state index is 12.9. The Morgan fingerprint density at radius 3 is 2.24 bits per heavy atom. The monoisotopic (exact) mass is 337 g/mol. The number of hydrogen-bond donors (Lipinski definition) is 0. The standard InChI is InChI=1S/C20H20FN3O/c1-23(14-25)18-10-11-19(18)24(2)20-12-7-16(13-22-20)4-3-15-5-8-17(21)9-6-15/h5-9,12-14,18-19H,10-11H2,1-2H3. The summed E-state index contributed by atoms with van der Waals surface area (Å²) in [6.45, 7) is 0. The van der Waals surface area contributed by atoms with Crippen molar-refractivity contribution >= 4 is 12.2 Å². The third-order valence-corrected chi connectivity index (χ3v) is 4.69. The van der Waals surface area contributed by atoms with E-state index in [1.54, 1.807) is 23.2 Å². The smallest absolute Gasteiger partial charge is 0.209 e. The highest BCUT2D eigenvalue weighted by Crippen LogP contribution is 2.30. The molecule has 1 aliphatic carbocycles. The van der Waals surface area contributed by atoms with Crippen LogP contribution in [0.15, 0.2) is 42.6 Å². The molecule has 5 heteroatoms. The maximum atomic E-state index is 12.9. The lowest BCUT2D eigenvalue weighted by atomic mass is 9.84. The van der Waals surface area contributed by atoms with Crippen LogP contribution in [0.1, 0.15) is 24.0 Å². The molecule has 1 aliphatic rings. The summed E-state index contributed by atoms with van der Waals surface area (Å²) in [5, 5.41) is 0. The zero-order valence-corrected chi connectivity index (χ0v) is 14.3. The fourth-order valence-electron chi connectivity index (χ4n) is 2.99. The summed E-state index contributed by atoms with van der Waals surface area (Å²) in [6, 6.07) is 10.5.